The van der Waals surface area contributed by atoms with E-state index in [0.29, 0.717) is 10.7 Å². The van der Waals surface area contributed by atoms with Crippen LogP contribution in [0.3, 0.4) is 0 Å². The van der Waals surface area contributed by atoms with Gasteiger partial charge in [0.15, 0.2) is 0 Å². The fourth-order valence-electron chi connectivity index (χ4n) is 2.39. The van der Waals surface area contributed by atoms with Gasteiger partial charge in [0.25, 0.3) is 0 Å². The van der Waals surface area contributed by atoms with Gasteiger partial charge in [0, 0.05) is 5.02 Å². The second kappa shape index (κ2) is 9.10. The maximum atomic E-state index is 12.2. The van der Waals surface area contributed by atoms with Crippen molar-refractivity contribution in [1.82, 2.24) is 5.32 Å². The maximum Gasteiger partial charge on any atom is 0.240 e. The van der Waals surface area contributed by atoms with Crippen molar-refractivity contribution in [3.8, 4) is 5.75 Å². The number of nitrogens with zero attached hydrogens (tertiary/aromatic N) is 1. The fraction of sp³-hybridized carbons (Fsp3) is 0.316. The molecule has 0 saturated heterocycles. The van der Waals surface area contributed by atoms with Gasteiger partial charge in [-0.1, -0.05) is 29.8 Å². The van der Waals surface area contributed by atoms with Gasteiger partial charge in [0.05, 0.1) is 18.5 Å². The number of hydrogen-bond donors (Lipinski definition) is 1. The summed E-state index contributed by atoms with van der Waals surface area (Å²) in [6, 6.07) is 12.5. The molecule has 0 aliphatic carbocycles. The Morgan fingerprint density at radius 1 is 1.19 bits per heavy atom. The molecule has 1 N–H and O–H groups in total. The molecule has 2 rings (SSSR count). The minimum absolute atomic E-state index is 0.263. The molecule has 8 heteroatoms. The van der Waals surface area contributed by atoms with Crippen LogP contribution in [0.5, 0.6) is 5.75 Å². The minimum Gasteiger partial charge on any atom is -0.492 e. The van der Waals surface area contributed by atoms with Crippen molar-refractivity contribution in [2.45, 2.75) is 13.8 Å². The van der Waals surface area contributed by atoms with E-state index in [1.807, 2.05) is 38.1 Å². The molecule has 0 spiro atoms. The first-order valence-corrected chi connectivity index (χ1v) is 10.6. The lowest BCUT2D eigenvalue weighted by Gasteiger charge is -2.22. The zero-order chi connectivity index (χ0) is 20.0. The molecular weight excluding hydrogens is 388 g/mol. The number of nitrogens with one attached hydrogen (secondary N) is 1. The molecule has 1 amide bonds. The van der Waals surface area contributed by atoms with Crippen LogP contribution in [0.25, 0.3) is 0 Å². The van der Waals surface area contributed by atoms with Gasteiger partial charge in [-0.25, -0.2) is 8.42 Å². The van der Waals surface area contributed by atoms with Crippen LogP contribution in [0.15, 0.2) is 42.5 Å². The van der Waals surface area contributed by atoms with E-state index in [4.69, 9.17) is 16.3 Å². The minimum atomic E-state index is -3.64. The molecule has 0 aromatic heterocycles. The van der Waals surface area contributed by atoms with Crippen LogP contribution in [0, 0.1) is 13.8 Å². The summed E-state index contributed by atoms with van der Waals surface area (Å²) in [7, 11) is -3.64. The van der Waals surface area contributed by atoms with Crippen molar-refractivity contribution in [2.75, 3.05) is 30.3 Å². The third-order valence-electron chi connectivity index (χ3n) is 3.81. The number of hydrogen-bond acceptors (Lipinski definition) is 4. The van der Waals surface area contributed by atoms with Gasteiger partial charge in [-0.05, 0) is 49.2 Å². The summed E-state index contributed by atoms with van der Waals surface area (Å²) >= 11 is 6.08. The highest BCUT2D eigenvalue weighted by molar-refractivity contribution is 7.92. The van der Waals surface area contributed by atoms with E-state index in [1.165, 1.54) is 6.07 Å². The number of carbonyl (C=O) groups excluding carboxylic acids is 1. The summed E-state index contributed by atoms with van der Waals surface area (Å²) in [5.74, 6) is 0.293. The molecule has 6 nitrogen and oxygen atoms in total. The van der Waals surface area contributed by atoms with E-state index in [9.17, 15) is 13.2 Å². The Kier molecular flexibility index (Phi) is 7.10. The normalized spacial score (nSPS) is 11.1. The van der Waals surface area contributed by atoms with E-state index < -0.39 is 15.9 Å². The average molecular weight is 411 g/mol. The number of amides is 1. The van der Waals surface area contributed by atoms with Gasteiger partial charge in [-0.15, -0.1) is 0 Å². The third kappa shape index (κ3) is 6.45. The molecular formula is C19H23ClN2O4S. The van der Waals surface area contributed by atoms with Gasteiger partial charge >= 0.3 is 0 Å². The number of aryl methyl sites for hydroxylation is 2. The lowest BCUT2D eigenvalue weighted by molar-refractivity contribution is -0.119. The van der Waals surface area contributed by atoms with Crippen LogP contribution < -0.4 is 14.4 Å². The topological polar surface area (TPSA) is 75.7 Å². The number of carbonyl (C=O) groups is 1. The summed E-state index contributed by atoms with van der Waals surface area (Å²) in [4.78, 5) is 12.2. The highest BCUT2D eigenvalue weighted by atomic mass is 35.5. The Hall–Kier alpha value is -2.25. The van der Waals surface area contributed by atoms with E-state index in [0.717, 1.165) is 27.4 Å². The molecule has 0 saturated carbocycles. The second-order valence-corrected chi connectivity index (χ2v) is 8.53. The predicted octanol–water partition coefficient (Wildman–Crippen LogP) is 2.92. The largest absolute Gasteiger partial charge is 0.492 e. The summed E-state index contributed by atoms with van der Waals surface area (Å²) in [6.45, 7) is 4.00. The maximum absolute atomic E-state index is 12.2. The van der Waals surface area contributed by atoms with Gasteiger partial charge in [-0.3, -0.25) is 9.10 Å². The van der Waals surface area contributed by atoms with Crippen molar-refractivity contribution >= 4 is 33.2 Å². The van der Waals surface area contributed by atoms with Gasteiger partial charge in [0.1, 0.15) is 18.9 Å². The Bertz CT molecular complexity index is 916. The first-order chi connectivity index (χ1) is 12.7. The monoisotopic (exact) mass is 410 g/mol. The number of sulfonamides is 1. The Morgan fingerprint density at radius 3 is 2.56 bits per heavy atom. The first kappa shape index (κ1) is 21.1. The highest BCUT2D eigenvalue weighted by Gasteiger charge is 2.21. The van der Waals surface area contributed by atoms with Crippen LogP contribution >= 0.6 is 11.6 Å². The van der Waals surface area contributed by atoms with Crippen molar-refractivity contribution in [2.24, 2.45) is 0 Å². The van der Waals surface area contributed by atoms with Crippen molar-refractivity contribution < 1.29 is 17.9 Å². The number of rotatable bonds is 8. The molecule has 0 bridgehead atoms. The average Bonchev–Trinajstić information content (AvgIpc) is 2.58. The quantitative estimate of drug-likeness (QED) is 0.679. The van der Waals surface area contributed by atoms with Gasteiger partial charge in [-0.2, -0.15) is 0 Å². The van der Waals surface area contributed by atoms with Gasteiger partial charge in [0.2, 0.25) is 15.9 Å². The number of ether oxygens (including phenoxy) is 1. The molecule has 146 valence electrons. The summed E-state index contributed by atoms with van der Waals surface area (Å²) in [5, 5.41) is 3.10. The molecule has 0 heterocycles. The zero-order valence-electron chi connectivity index (χ0n) is 15.5. The number of benzene rings is 2. The molecule has 2 aromatic carbocycles. The van der Waals surface area contributed by atoms with E-state index in [1.54, 1.807) is 12.1 Å². The molecule has 27 heavy (non-hydrogen) atoms. The summed E-state index contributed by atoms with van der Waals surface area (Å²) < 4.78 is 30.8. The zero-order valence-corrected chi connectivity index (χ0v) is 17.1. The molecule has 0 fully saturated rings. The van der Waals surface area contributed by atoms with Crippen LogP contribution in [0.4, 0.5) is 5.69 Å². The molecule has 0 atom stereocenters. The Morgan fingerprint density at radius 2 is 1.93 bits per heavy atom. The summed E-state index contributed by atoms with van der Waals surface area (Å²) in [5.41, 5.74) is 2.25. The second-order valence-electron chi connectivity index (χ2n) is 6.22. The van der Waals surface area contributed by atoms with Crippen molar-refractivity contribution in [3.63, 3.8) is 0 Å². The highest BCUT2D eigenvalue weighted by Crippen LogP contribution is 2.24. The van der Waals surface area contributed by atoms with Crippen molar-refractivity contribution in [3.05, 3.63) is 58.6 Å². The molecule has 0 aliphatic rings. The van der Waals surface area contributed by atoms with Gasteiger partial charge < -0.3 is 10.1 Å². The lowest BCUT2D eigenvalue weighted by atomic mass is 10.2. The lowest BCUT2D eigenvalue weighted by Crippen LogP contribution is -2.41. The summed E-state index contributed by atoms with van der Waals surface area (Å²) in [6.07, 6.45) is 1.05. The van der Waals surface area contributed by atoms with Crippen LogP contribution in [0.1, 0.15) is 11.1 Å². The van der Waals surface area contributed by atoms with E-state index >= 15 is 0 Å². The molecule has 0 aliphatic heterocycles. The Labute approximate surface area is 165 Å². The Balaban J connectivity index is 1.93. The van der Waals surface area contributed by atoms with Crippen LogP contribution in [0.2, 0.25) is 5.02 Å². The number of halogens is 1. The van der Waals surface area contributed by atoms with E-state index in [-0.39, 0.29) is 19.7 Å². The smallest absolute Gasteiger partial charge is 0.240 e. The first-order valence-electron chi connectivity index (χ1n) is 8.37. The van der Waals surface area contributed by atoms with Crippen LogP contribution in [-0.2, 0) is 14.8 Å². The molecule has 0 radical (unpaired) electrons. The number of anilines is 1. The van der Waals surface area contributed by atoms with E-state index in [2.05, 4.69) is 5.32 Å². The SMILES string of the molecule is Cc1cccc(OCCNC(=O)CN(c2ccc(C)c(Cl)c2)S(C)(=O)=O)c1. The molecule has 0 unspecified atom stereocenters. The fourth-order valence-corrected chi connectivity index (χ4v) is 3.41. The molecule has 2 aromatic rings. The van der Waals surface area contributed by atoms with Crippen molar-refractivity contribution in [1.29, 1.82) is 0 Å². The standard InChI is InChI=1S/C19H23ClN2O4S/c1-14-5-4-6-17(11-14)26-10-9-21-19(23)13-22(27(3,24)25)16-8-7-15(2)18(20)12-16/h4-8,11-12H,9-10,13H2,1-3H3,(H,21,23). The predicted molar refractivity (Wildman–Crippen MR) is 108 cm³/mol. The third-order valence-corrected chi connectivity index (χ3v) is 5.36. The van der Waals surface area contributed by atoms with Crippen LogP contribution in [-0.4, -0.2) is 40.3 Å².